The molecule has 0 aliphatic rings. The van der Waals surface area contributed by atoms with Crippen molar-refractivity contribution in [1.29, 1.82) is 0 Å². The Morgan fingerprint density at radius 2 is 2.12 bits per heavy atom. The molecule has 0 amide bonds. The summed E-state index contributed by atoms with van der Waals surface area (Å²) in [6.45, 7) is 0.744. The number of ether oxygens (including phenoxy) is 2. The largest absolute Gasteiger partial charge is 0.481 e. The Morgan fingerprint density at radius 1 is 1.25 bits per heavy atom. The van der Waals surface area contributed by atoms with E-state index in [0.29, 0.717) is 11.5 Å². The van der Waals surface area contributed by atoms with Crippen molar-refractivity contribution in [2.75, 3.05) is 20.8 Å². The van der Waals surface area contributed by atoms with Gasteiger partial charge in [-0.2, -0.15) is 4.98 Å². The molecule has 2 aromatic rings. The van der Waals surface area contributed by atoms with Crippen LogP contribution >= 0.6 is 0 Å². The summed E-state index contributed by atoms with van der Waals surface area (Å²) in [4.78, 5) is 11.9. The Hall–Kier alpha value is -1.62. The van der Waals surface area contributed by atoms with Gasteiger partial charge in [0.05, 0.1) is 12.6 Å². The van der Waals surface area contributed by atoms with Crippen molar-refractivity contribution < 1.29 is 9.47 Å². The molecule has 5 nitrogen and oxygen atoms in total. The molecule has 1 N–H and O–H groups in total. The van der Waals surface area contributed by atoms with Crippen molar-refractivity contribution in [3.05, 3.63) is 18.0 Å². The SMILES string of the molecule is COCCCc1nc2nc(OC)ccc2[nH]1. The van der Waals surface area contributed by atoms with Gasteiger partial charge in [0.2, 0.25) is 5.88 Å². The maximum atomic E-state index is 5.05. The summed E-state index contributed by atoms with van der Waals surface area (Å²) < 4.78 is 10.0. The van der Waals surface area contributed by atoms with E-state index in [2.05, 4.69) is 15.0 Å². The maximum Gasteiger partial charge on any atom is 0.215 e. The molecule has 0 saturated carbocycles. The lowest BCUT2D eigenvalue weighted by Crippen LogP contribution is -1.94. The van der Waals surface area contributed by atoms with Gasteiger partial charge in [-0.05, 0) is 12.5 Å². The quantitative estimate of drug-likeness (QED) is 0.778. The number of aromatic amines is 1. The number of hydrogen-bond acceptors (Lipinski definition) is 4. The average molecular weight is 221 g/mol. The summed E-state index contributed by atoms with van der Waals surface area (Å²) in [5.41, 5.74) is 1.64. The molecule has 0 atom stereocenters. The van der Waals surface area contributed by atoms with Crippen molar-refractivity contribution in [3.8, 4) is 5.88 Å². The van der Waals surface area contributed by atoms with Gasteiger partial charge in [0.15, 0.2) is 5.65 Å². The molecule has 0 aliphatic heterocycles. The minimum Gasteiger partial charge on any atom is -0.481 e. The molecule has 0 saturated heterocycles. The highest BCUT2D eigenvalue weighted by Crippen LogP contribution is 2.14. The number of nitrogens with zero attached hydrogens (tertiary/aromatic N) is 2. The monoisotopic (exact) mass is 221 g/mol. The molecule has 16 heavy (non-hydrogen) atoms. The van der Waals surface area contributed by atoms with Crippen LogP contribution in [-0.2, 0) is 11.2 Å². The highest BCUT2D eigenvalue weighted by atomic mass is 16.5. The van der Waals surface area contributed by atoms with E-state index in [4.69, 9.17) is 9.47 Å². The van der Waals surface area contributed by atoms with Crippen molar-refractivity contribution in [3.63, 3.8) is 0 Å². The van der Waals surface area contributed by atoms with Crippen molar-refractivity contribution in [2.45, 2.75) is 12.8 Å². The van der Waals surface area contributed by atoms with Gasteiger partial charge in [0.25, 0.3) is 0 Å². The average Bonchev–Trinajstić information content (AvgIpc) is 2.70. The first-order valence-corrected chi connectivity index (χ1v) is 5.22. The van der Waals surface area contributed by atoms with Crippen LogP contribution in [0.4, 0.5) is 0 Å². The van der Waals surface area contributed by atoms with Crippen LogP contribution in [0, 0.1) is 0 Å². The third-order valence-corrected chi connectivity index (χ3v) is 2.34. The first kappa shape index (κ1) is 10.9. The molecule has 0 unspecified atom stereocenters. The number of imidazole rings is 1. The zero-order valence-corrected chi connectivity index (χ0v) is 9.49. The summed E-state index contributed by atoms with van der Waals surface area (Å²) in [5.74, 6) is 1.52. The molecule has 0 bridgehead atoms. The number of rotatable bonds is 5. The van der Waals surface area contributed by atoms with E-state index in [9.17, 15) is 0 Å². The summed E-state index contributed by atoms with van der Waals surface area (Å²) in [5, 5.41) is 0. The van der Waals surface area contributed by atoms with Gasteiger partial charge >= 0.3 is 0 Å². The van der Waals surface area contributed by atoms with E-state index < -0.39 is 0 Å². The second kappa shape index (κ2) is 4.94. The zero-order valence-electron chi connectivity index (χ0n) is 9.49. The Kier molecular flexibility index (Phi) is 3.36. The molecule has 0 aliphatic carbocycles. The van der Waals surface area contributed by atoms with Gasteiger partial charge in [-0.25, -0.2) is 4.98 Å². The summed E-state index contributed by atoms with van der Waals surface area (Å²) in [7, 11) is 3.30. The normalized spacial score (nSPS) is 10.9. The van der Waals surface area contributed by atoms with Crippen molar-refractivity contribution >= 4 is 11.2 Å². The number of aromatic nitrogens is 3. The van der Waals surface area contributed by atoms with Gasteiger partial charge in [-0.3, -0.25) is 0 Å². The number of nitrogens with one attached hydrogen (secondary N) is 1. The van der Waals surface area contributed by atoms with E-state index in [0.717, 1.165) is 30.8 Å². The van der Waals surface area contributed by atoms with Crippen LogP contribution < -0.4 is 4.74 Å². The van der Waals surface area contributed by atoms with Crippen molar-refractivity contribution in [1.82, 2.24) is 15.0 Å². The van der Waals surface area contributed by atoms with E-state index in [1.807, 2.05) is 12.1 Å². The van der Waals surface area contributed by atoms with Gasteiger partial charge in [-0.15, -0.1) is 0 Å². The number of H-pyrrole nitrogens is 1. The fourth-order valence-electron chi connectivity index (χ4n) is 1.54. The Balaban J connectivity index is 2.16. The van der Waals surface area contributed by atoms with Gasteiger partial charge in [0.1, 0.15) is 5.82 Å². The number of pyridine rings is 1. The molecule has 2 aromatic heterocycles. The van der Waals surface area contributed by atoms with E-state index in [-0.39, 0.29) is 0 Å². The topological polar surface area (TPSA) is 60.0 Å². The predicted molar refractivity (Wildman–Crippen MR) is 60.6 cm³/mol. The molecular weight excluding hydrogens is 206 g/mol. The third-order valence-electron chi connectivity index (χ3n) is 2.34. The van der Waals surface area contributed by atoms with E-state index >= 15 is 0 Å². The maximum absolute atomic E-state index is 5.05. The highest BCUT2D eigenvalue weighted by molar-refractivity contribution is 5.71. The minimum atomic E-state index is 0.586. The lowest BCUT2D eigenvalue weighted by atomic mass is 10.3. The first-order valence-electron chi connectivity index (χ1n) is 5.22. The van der Waals surface area contributed by atoms with Crippen LogP contribution in [0.1, 0.15) is 12.2 Å². The summed E-state index contributed by atoms with van der Waals surface area (Å²) >= 11 is 0. The molecule has 2 heterocycles. The molecular formula is C11H15N3O2. The van der Waals surface area contributed by atoms with Gasteiger partial charge in [-0.1, -0.05) is 0 Å². The molecule has 5 heteroatoms. The Bertz CT molecular complexity index is 467. The highest BCUT2D eigenvalue weighted by Gasteiger charge is 2.04. The molecule has 0 aromatic carbocycles. The minimum absolute atomic E-state index is 0.586. The zero-order chi connectivity index (χ0) is 11.4. The molecule has 0 spiro atoms. The van der Waals surface area contributed by atoms with Gasteiger partial charge in [0, 0.05) is 26.2 Å². The van der Waals surface area contributed by atoms with E-state index in [1.165, 1.54) is 0 Å². The number of methoxy groups -OCH3 is 2. The predicted octanol–water partition coefficient (Wildman–Crippen LogP) is 1.55. The summed E-state index contributed by atoms with van der Waals surface area (Å²) in [6, 6.07) is 3.74. The lowest BCUT2D eigenvalue weighted by molar-refractivity contribution is 0.194. The van der Waals surface area contributed by atoms with Crippen LogP contribution in [-0.4, -0.2) is 35.8 Å². The second-order valence-corrected chi connectivity index (χ2v) is 3.50. The van der Waals surface area contributed by atoms with E-state index in [1.54, 1.807) is 14.2 Å². The van der Waals surface area contributed by atoms with Crippen LogP contribution in [0.15, 0.2) is 12.1 Å². The third kappa shape index (κ3) is 2.30. The fraction of sp³-hybridized carbons (Fsp3) is 0.455. The smallest absolute Gasteiger partial charge is 0.215 e. The van der Waals surface area contributed by atoms with Gasteiger partial charge < -0.3 is 14.5 Å². The Labute approximate surface area is 93.8 Å². The van der Waals surface area contributed by atoms with Crippen LogP contribution in [0.5, 0.6) is 5.88 Å². The van der Waals surface area contributed by atoms with Crippen molar-refractivity contribution in [2.24, 2.45) is 0 Å². The fourth-order valence-corrected chi connectivity index (χ4v) is 1.54. The number of aryl methyl sites for hydroxylation is 1. The van der Waals surface area contributed by atoms with Crippen LogP contribution in [0.25, 0.3) is 11.2 Å². The number of fused-ring (bicyclic) bond motifs is 1. The molecule has 0 radical (unpaired) electrons. The first-order chi connectivity index (χ1) is 7.83. The van der Waals surface area contributed by atoms with Crippen LogP contribution in [0.3, 0.4) is 0 Å². The Morgan fingerprint density at radius 3 is 2.88 bits per heavy atom. The lowest BCUT2D eigenvalue weighted by Gasteiger charge is -1.95. The van der Waals surface area contributed by atoms with Crippen LogP contribution in [0.2, 0.25) is 0 Å². The second-order valence-electron chi connectivity index (χ2n) is 3.50. The summed E-state index contributed by atoms with van der Waals surface area (Å²) in [6.07, 6.45) is 1.82. The number of hydrogen-bond donors (Lipinski definition) is 1. The standard InChI is InChI=1S/C11H15N3O2/c1-15-7-3-4-9-12-8-5-6-10(16-2)14-11(8)13-9/h5-6H,3-4,7H2,1-2H3,(H,12,13,14). The molecule has 86 valence electrons. The molecule has 2 rings (SSSR count). The molecule has 0 fully saturated rings.